The molecule has 2 heterocycles. The minimum atomic E-state index is -3.51. The molecule has 0 unspecified atom stereocenters. The lowest BCUT2D eigenvalue weighted by molar-refractivity contribution is 0.0917. The van der Waals surface area contributed by atoms with Crippen molar-refractivity contribution in [2.45, 2.75) is 50.0 Å². The number of piperidine rings is 1. The topological polar surface area (TPSA) is 84.3 Å². The molecule has 2 aliphatic rings. The number of nitrogens with one attached hydrogen (secondary N) is 1. The number of nitrogens with zero attached hydrogens (tertiary/aromatic N) is 3. The van der Waals surface area contributed by atoms with Crippen molar-refractivity contribution in [2.75, 3.05) is 13.1 Å². The summed E-state index contributed by atoms with van der Waals surface area (Å²) in [5, 5.41) is 7.78. The highest BCUT2D eigenvalue weighted by Gasteiger charge is 2.32. The van der Waals surface area contributed by atoms with Gasteiger partial charge in [-0.25, -0.2) is 13.1 Å². The third-order valence-electron chi connectivity index (χ3n) is 6.59. The first-order chi connectivity index (χ1) is 15.9. The number of hydrogen-bond donors (Lipinski definition) is 1. The number of carbonyl (C=O) groups excluding carboxylic acids is 1. The summed E-state index contributed by atoms with van der Waals surface area (Å²) >= 11 is 0. The van der Waals surface area contributed by atoms with Crippen molar-refractivity contribution in [3.63, 3.8) is 0 Å². The van der Waals surface area contributed by atoms with Crippen molar-refractivity contribution >= 4 is 15.9 Å². The standard InChI is InChI=1S/C25H28N4O3S/c1-18-10-12-21(13-11-18)33(31,32)28-16-14-19(15-17-28)26-25(30)24-22-8-5-9-23(22)29(27-24)20-6-3-2-4-7-20/h2-4,6-7,10-13,19H,5,8-9,14-17H2,1H3,(H,26,30). The summed E-state index contributed by atoms with van der Waals surface area (Å²) in [7, 11) is -3.51. The van der Waals surface area contributed by atoms with E-state index in [2.05, 4.69) is 10.4 Å². The molecule has 1 aliphatic carbocycles. The van der Waals surface area contributed by atoms with E-state index < -0.39 is 10.0 Å². The summed E-state index contributed by atoms with van der Waals surface area (Å²) in [6.07, 6.45) is 3.96. The smallest absolute Gasteiger partial charge is 0.272 e. The van der Waals surface area contributed by atoms with Gasteiger partial charge >= 0.3 is 0 Å². The predicted octanol–water partition coefficient (Wildman–Crippen LogP) is 3.25. The van der Waals surface area contributed by atoms with Crippen molar-refractivity contribution in [3.8, 4) is 5.69 Å². The molecule has 2 aromatic carbocycles. The van der Waals surface area contributed by atoms with Gasteiger partial charge in [0.2, 0.25) is 10.0 Å². The van der Waals surface area contributed by atoms with Gasteiger partial charge in [0.25, 0.3) is 5.91 Å². The zero-order chi connectivity index (χ0) is 23.0. The first-order valence-electron chi connectivity index (χ1n) is 11.5. The number of para-hydroxylation sites is 1. The molecule has 0 radical (unpaired) electrons. The average Bonchev–Trinajstić information content (AvgIpc) is 3.43. The molecule has 0 atom stereocenters. The van der Waals surface area contributed by atoms with Crippen LogP contribution in [0.15, 0.2) is 59.5 Å². The lowest BCUT2D eigenvalue weighted by Gasteiger charge is -2.31. The fourth-order valence-corrected chi connectivity index (χ4v) is 6.23. The van der Waals surface area contributed by atoms with Gasteiger partial charge in [-0.15, -0.1) is 0 Å². The Morgan fingerprint density at radius 1 is 1.00 bits per heavy atom. The van der Waals surface area contributed by atoms with Gasteiger partial charge in [0.1, 0.15) is 0 Å². The Kier molecular flexibility index (Phi) is 5.80. The van der Waals surface area contributed by atoms with E-state index in [9.17, 15) is 13.2 Å². The molecule has 0 spiro atoms. The van der Waals surface area contributed by atoms with Gasteiger partial charge in [0, 0.05) is 30.4 Å². The van der Waals surface area contributed by atoms with Gasteiger partial charge in [-0.1, -0.05) is 35.9 Å². The number of benzene rings is 2. The minimum Gasteiger partial charge on any atom is -0.348 e. The van der Waals surface area contributed by atoms with Gasteiger partial charge in [0.05, 0.1) is 10.6 Å². The SMILES string of the molecule is Cc1ccc(S(=O)(=O)N2CCC(NC(=O)c3nn(-c4ccccc4)c4c3CCC4)CC2)cc1. The van der Waals surface area contributed by atoms with Crippen LogP contribution in [0.1, 0.15) is 46.6 Å². The largest absolute Gasteiger partial charge is 0.348 e. The number of fused-ring (bicyclic) bond motifs is 1. The fourth-order valence-electron chi connectivity index (χ4n) is 4.76. The Bertz CT molecular complexity index is 1260. The molecule has 1 amide bonds. The maximum atomic E-state index is 13.1. The van der Waals surface area contributed by atoms with Gasteiger partial charge < -0.3 is 5.32 Å². The Morgan fingerprint density at radius 2 is 1.70 bits per heavy atom. The molecular weight excluding hydrogens is 436 g/mol. The van der Waals surface area contributed by atoms with E-state index in [0.717, 1.165) is 41.8 Å². The fraction of sp³-hybridized carbons (Fsp3) is 0.360. The van der Waals surface area contributed by atoms with E-state index in [1.54, 1.807) is 12.1 Å². The number of carbonyl (C=O) groups is 1. The quantitative estimate of drug-likeness (QED) is 0.628. The Hall–Kier alpha value is -2.97. The summed E-state index contributed by atoms with van der Waals surface area (Å²) in [6.45, 7) is 2.71. The van der Waals surface area contributed by atoms with Gasteiger partial charge in [0.15, 0.2) is 5.69 Å². The van der Waals surface area contributed by atoms with Gasteiger partial charge in [-0.2, -0.15) is 9.40 Å². The maximum absolute atomic E-state index is 13.1. The first kappa shape index (κ1) is 21.9. The van der Waals surface area contributed by atoms with E-state index in [1.165, 1.54) is 4.31 Å². The third kappa shape index (κ3) is 4.20. The maximum Gasteiger partial charge on any atom is 0.272 e. The summed E-state index contributed by atoms with van der Waals surface area (Å²) in [6, 6.07) is 16.8. The minimum absolute atomic E-state index is 0.0686. The van der Waals surface area contributed by atoms with Crippen LogP contribution in [-0.4, -0.2) is 47.5 Å². The van der Waals surface area contributed by atoms with Crippen LogP contribution < -0.4 is 5.32 Å². The Labute approximate surface area is 194 Å². The van der Waals surface area contributed by atoms with Crippen molar-refractivity contribution < 1.29 is 13.2 Å². The third-order valence-corrected chi connectivity index (χ3v) is 8.51. The number of sulfonamides is 1. The molecule has 0 saturated carbocycles. The molecule has 1 aliphatic heterocycles. The number of amides is 1. The zero-order valence-corrected chi connectivity index (χ0v) is 19.5. The van der Waals surface area contributed by atoms with Crippen LogP contribution >= 0.6 is 0 Å². The average molecular weight is 465 g/mol. The Balaban J connectivity index is 1.27. The molecule has 33 heavy (non-hydrogen) atoms. The highest BCUT2D eigenvalue weighted by Crippen LogP contribution is 2.28. The zero-order valence-electron chi connectivity index (χ0n) is 18.7. The van der Waals surface area contributed by atoms with Crippen molar-refractivity contribution in [1.29, 1.82) is 0 Å². The van der Waals surface area contributed by atoms with E-state index in [1.807, 2.05) is 54.1 Å². The summed E-state index contributed by atoms with van der Waals surface area (Å²) < 4.78 is 29.3. The van der Waals surface area contributed by atoms with E-state index >= 15 is 0 Å². The van der Waals surface area contributed by atoms with Crippen molar-refractivity contribution in [3.05, 3.63) is 77.1 Å². The highest BCUT2D eigenvalue weighted by atomic mass is 32.2. The van der Waals surface area contributed by atoms with Crippen LogP contribution in [0.25, 0.3) is 5.69 Å². The van der Waals surface area contributed by atoms with E-state index in [0.29, 0.717) is 36.5 Å². The number of rotatable bonds is 5. The van der Waals surface area contributed by atoms with Gasteiger partial charge in [-0.05, 0) is 63.3 Å². The normalized spacial score (nSPS) is 17.1. The Morgan fingerprint density at radius 3 is 2.39 bits per heavy atom. The van der Waals surface area contributed by atoms with Crippen molar-refractivity contribution in [1.82, 2.24) is 19.4 Å². The molecule has 1 saturated heterocycles. The number of aromatic nitrogens is 2. The summed E-state index contributed by atoms with van der Waals surface area (Å²) in [5.41, 5.74) is 4.64. The van der Waals surface area contributed by atoms with Crippen LogP contribution in [0, 0.1) is 6.92 Å². The second-order valence-corrected chi connectivity index (χ2v) is 10.8. The molecule has 8 heteroatoms. The van der Waals surface area contributed by atoms with Gasteiger partial charge in [-0.3, -0.25) is 4.79 Å². The van der Waals surface area contributed by atoms with E-state index in [4.69, 9.17) is 0 Å². The molecule has 0 bridgehead atoms. The predicted molar refractivity (Wildman–Crippen MR) is 126 cm³/mol. The van der Waals surface area contributed by atoms with Crippen LogP contribution in [-0.2, 0) is 22.9 Å². The molecule has 172 valence electrons. The molecule has 3 aromatic rings. The van der Waals surface area contributed by atoms with Crippen molar-refractivity contribution in [2.24, 2.45) is 0 Å². The highest BCUT2D eigenvalue weighted by molar-refractivity contribution is 7.89. The van der Waals surface area contributed by atoms with Crippen LogP contribution in [0.2, 0.25) is 0 Å². The lowest BCUT2D eigenvalue weighted by Crippen LogP contribution is -2.46. The molecule has 1 aromatic heterocycles. The number of hydrogen-bond acceptors (Lipinski definition) is 4. The second kappa shape index (κ2) is 8.76. The van der Waals surface area contributed by atoms with Crippen LogP contribution in [0.3, 0.4) is 0 Å². The van der Waals surface area contributed by atoms with E-state index in [-0.39, 0.29) is 11.9 Å². The lowest BCUT2D eigenvalue weighted by atomic mass is 10.1. The molecule has 1 fully saturated rings. The monoisotopic (exact) mass is 464 g/mol. The molecule has 1 N–H and O–H groups in total. The van der Waals surface area contributed by atoms with Crippen LogP contribution in [0.4, 0.5) is 0 Å². The molecular formula is C25H28N4O3S. The summed E-state index contributed by atoms with van der Waals surface area (Å²) in [5.74, 6) is -0.164. The number of aryl methyl sites for hydroxylation is 1. The molecule has 7 nitrogen and oxygen atoms in total. The first-order valence-corrected chi connectivity index (χ1v) is 12.9. The summed E-state index contributed by atoms with van der Waals surface area (Å²) in [4.78, 5) is 13.4. The van der Waals surface area contributed by atoms with Crippen LogP contribution in [0.5, 0.6) is 0 Å². The molecule has 5 rings (SSSR count). The second-order valence-electron chi connectivity index (χ2n) is 8.84.